The standard InChI is InChI=1S/C28H38N4O5S/c33-27-22-31(20-23-10-3-1-4-11-23)21-25-24(12-9-13-26(25)37-18-8-2-5-14-29-27)28(34)30-15-19-38(35,36)32-16-6-7-17-32/h1,3-4,9-13H,2,5-8,14-22H2,(H,29,33)(H,30,34). The van der Waals surface area contributed by atoms with E-state index >= 15 is 0 Å². The van der Waals surface area contributed by atoms with E-state index in [-0.39, 0.29) is 30.7 Å². The van der Waals surface area contributed by atoms with Crippen LogP contribution in [0.3, 0.4) is 0 Å². The van der Waals surface area contributed by atoms with Crippen molar-refractivity contribution in [1.29, 1.82) is 0 Å². The molecule has 0 spiro atoms. The van der Waals surface area contributed by atoms with E-state index in [1.165, 1.54) is 4.31 Å². The van der Waals surface area contributed by atoms with Crippen LogP contribution < -0.4 is 15.4 Å². The van der Waals surface area contributed by atoms with E-state index in [9.17, 15) is 18.0 Å². The molecule has 4 rings (SSSR count). The van der Waals surface area contributed by atoms with Gasteiger partial charge in [-0.15, -0.1) is 0 Å². The number of benzene rings is 2. The minimum Gasteiger partial charge on any atom is -0.493 e. The van der Waals surface area contributed by atoms with Gasteiger partial charge in [0.2, 0.25) is 15.9 Å². The van der Waals surface area contributed by atoms with Gasteiger partial charge in [-0.05, 0) is 49.8 Å². The Morgan fingerprint density at radius 2 is 1.74 bits per heavy atom. The molecule has 2 heterocycles. The van der Waals surface area contributed by atoms with Crippen molar-refractivity contribution in [3.05, 3.63) is 65.2 Å². The van der Waals surface area contributed by atoms with Gasteiger partial charge in [-0.1, -0.05) is 36.4 Å². The van der Waals surface area contributed by atoms with Crippen LogP contribution in [0, 0.1) is 0 Å². The molecule has 10 heteroatoms. The summed E-state index contributed by atoms with van der Waals surface area (Å²) in [6.45, 7) is 3.29. The summed E-state index contributed by atoms with van der Waals surface area (Å²) in [5.41, 5.74) is 2.17. The first-order chi connectivity index (χ1) is 18.4. The van der Waals surface area contributed by atoms with E-state index in [1.54, 1.807) is 12.1 Å². The van der Waals surface area contributed by atoms with Gasteiger partial charge in [0.15, 0.2) is 0 Å². The Balaban J connectivity index is 1.54. The highest BCUT2D eigenvalue weighted by Gasteiger charge is 2.26. The number of amides is 2. The maximum atomic E-state index is 13.3. The molecule has 38 heavy (non-hydrogen) atoms. The fraction of sp³-hybridized carbons (Fsp3) is 0.500. The summed E-state index contributed by atoms with van der Waals surface area (Å²) in [6, 6.07) is 15.2. The number of ether oxygens (including phenoxy) is 1. The van der Waals surface area contributed by atoms with E-state index in [0.29, 0.717) is 56.2 Å². The lowest BCUT2D eigenvalue weighted by molar-refractivity contribution is -0.122. The number of carbonyl (C=O) groups is 2. The van der Waals surface area contributed by atoms with E-state index in [0.717, 1.165) is 37.7 Å². The van der Waals surface area contributed by atoms with Crippen molar-refractivity contribution < 1.29 is 22.7 Å². The molecule has 2 aromatic carbocycles. The molecule has 1 saturated heterocycles. The molecule has 2 aliphatic heterocycles. The van der Waals surface area contributed by atoms with Crippen LogP contribution in [0.5, 0.6) is 5.75 Å². The quantitative estimate of drug-likeness (QED) is 0.557. The zero-order valence-electron chi connectivity index (χ0n) is 21.9. The molecule has 0 radical (unpaired) electrons. The van der Waals surface area contributed by atoms with Gasteiger partial charge in [-0.2, -0.15) is 0 Å². The van der Waals surface area contributed by atoms with Gasteiger partial charge < -0.3 is 15.4 Å². The average Bonchev–Trinajstić information content (AvgIpc) is 3.45. The third-order valence-electron chi connectivity index (χ3n) is 6.88. The van der Waals surface area contributed by atoms with Gasteiger partial charge in [0.1, 0.15) is 5.75 Å². The van der Waals surface area contributed by atoms with E-state index < -0.39 is 10.0 Å². The van der Waals surface area contributed by atoms with E-state index in [1.807, 2.05) is 41.3 Å². The van der Waals surface area contributed by atoms with Crippen molar-refractivity contribution >= 4 is 21.8 Å². The van der Waals surface area contributed by atoms with Crippen LogP contribution in [0.15, 0.2) is 48.5 Å². The summed E-state index contributed by atoms with van der Waals surface area (Å²) < 4.78 is 32.8. The van der Waals surface area contributed by atoms with E-state index in [2.05, 4.69) is 10.6 Å². The van der Waals surface area contributed by atoms with Crippen molar-refractivity contribution in [3.8, 4) is 5.75 Å². The lowest BCUT2D eigenvalue weighted by atomic mass is 10.0. The second kappa shape index (κ2) is 13.7. The number of nitrogens with zero attached hydrogens (tertiary/aromatic N) is 2. The Morgan fingerprint density at radius 3 is 2.53 bits per heavy atom. The van der Waals surface area contributed by atoms with Crippen LogP contribution in [0.4, 0.5) is 0 Å². The molecule has 0 unspecified atom stereocenters. The summed E-state index contributed by atoms with van der Waals surface area (Å²) in [6.07, 6.45) is 4.39. The molecule has 0 atom stereocenters. The molecule has 1 fully saturated rings. The SMILES string of the molecule is O=C1CN(Cc2ccccc2)Cc2c(cccc2C(=O)NCCS(=O)(=O)N2CCCC2)OCCCCCN1. The van der Waals surface area contributed by atoms with Gasteiger partial charge in [-0.25, -0.2) is 12.7 Å². The normalized spacial score (nSPS) is 18.3. The van der Waals surface area contributed by atoms with Gasteiger partial charge in [-0.3, -0.25) is 14.5 Å². The first-order valence-electron chi connectivity index (χ1n) is 13.5. The maximum absolute atomic E-state index is 13.3. The Morgan fingerprint density at radius 1 is 0.947 bits per heavy atom. The largest absolute Gasteiger partial charge is 0.493 e. The monoisotopic (exact) mass is 542 g/mol. The number of hydrogen-bond donors (Lipinski definition) is 2. The Bertz CT molecular complexity index is 1180. The van der Waals surface area contributed by atoms with Crippen molar-refractivity contribution in [1.82, 2.24) is 19.8 Å². The van der Waals surface area contributed by atoms with Crippen LogP contribution >= 0.6 is 0 Å². The van der Waals surface area contributed by atoms with Crippen LogP contribution in [0.2, 0.25) is 0 Å². The molecule has 206 valence electrons. The highest BCUT2D eigenvalue weighted by atomic mass is 32.2. The minimum atomic E-state index is -3.39. The van der Waals surface area contributed by atoms with Crippen molar-refractivity contribution in [2.24, 2.45) is 0 Å². The second-order valence-corrected chi connectivity index (χ2v) is 11.9. The van der Waals surface area contributed by atoms with E-state index in [4.69, 9.17) is 4.74 Å². The molecule has 2 aromatic rings. The number of fused-ring (bicyclic) bond motifs is 1. The highest BCUT2D eigenvalue weighted by Crippen LogP contribution is 2.26. The number of nitrogens with one attached hydrogen (secondary N) is 2. The fourth-order valence-electron chi connectivity index (χ4n) is 4.87. The molecule has 0 bridgehead atoms. The molecule has 2 aliphatic rings. The third kappa shape index (κ3) is 8.02. The number of rotatable bonds is 7. The Kier molecular flexibility index (Phi) is 10.1. The molecular weight excluding hydrogens is 504 g/mol. The Hall–Kier alpha value is -2.95. The molecule has 0 saturated carbocycles. The van der Waals surface area contributed by atoms with Crippen LogP contribution in [-0.4, -0.2) is 74.5 Å². The van der Waals surface area contributed by atoms with Crippen molar-refractivity contribution in [3.63, 3.8) is 0 Å². The number of sulfonamides is 1. The first-order valence-corrected chi connectivity index (χ1v) is 15.1. The highest BCUT2D eigenvalue weighted by molar-refractivity contribution is 7.89. The molecule has 2 amide bonds. The smallest absolute Gasteiger partial charge is 0.251 e. The summed E-state index contributed by atoms with van der Waals surface area (Å²) in [5, 5.41) is 5.80. The maximum Gasteiger partial charge on any atom is 0.251 e. The number of carbonyl (C=O) groups excluding carboxylic acids is 2. The predicted octanol–water partition coefficient (Wildman–Crippen LogP) is 2.52. The molecule has 2 N–H and O–H groups in total. The zero-order valence-corrected chi connectivity index (χ0v) is 22.7. The number of hydrogen-bond acceptors (Lipinski definition) is 6. The van der Waals surface area contributed by atoms with Crippen LogP contribution in [0.1, 0.15) is 53.6 Å². The van der Waals surface area contributed by atoms with Gasteiger partial charge in [0.05, 0.1) is 18.9 Å². The first kappa shape index (κ1) is 28.1. The third-order valence-corrected chi connectivity index (χ3v) is 8.75. The van der Waals surface area contributed by atoms with Crippen molar-refractivity contribution in [2.45, 2.75) is 45.2 Å². The average molecular weight is 543 g/mol. The summed E-state index contributed by atoms with van der Waals surface area (Å²) in [7, 11) is -3.39. The van der Waals surface area contributed by atoms with Crippen molar-refractivity contribution in [2.75, 3.05) is 45.1 Å². The van der Waals surface area contributed by atoms with Crippen LogP contribution in [-0.2, 0) is 27.9 Å². The molecular formula is C28H38N4O5S. The van der Waals surface area contributed by atoms with Gasteiger partial charge in [0.25, 0.3) is 5.91 Å². The van der Waals surface area contributed by atoms with Gasteiger partial charge in [0, 0.05) is 50.4 Å². The molecule has 0 aromatic heterocycles. The lowest BCUT2D eigenvalue weighted by Crippen LogP contribution is -2.38. The summed E-state index contributed by atoms with van der Waals surface area (Å²) in [5.74, 6) is 0.0668. The second-order valence-electron chi connectivity index (χ2n) is 9.85. The zero-order chi connectivity index (χ0) is 26.8. The molecule has 0 aliphatic carbocycles. The molecule has 9 nitrogen and oxygen atoms in total. The summed E-state index contributed by atoms with van der Waals surface area (Å²) >= 11 is 0. The van der Waals surface area contributed by atoms with Gasteiger partial charge >= 0.3 is 0 Å². The van der Waals surface area contributed by atoms with Crippen LogP contribution in [0.25, 0.3) is 0 Å². The fourth-order valence-corrected chi connectivity index (χ4v) is 6.30. The predicted molar refractivity (Wildman–Crippen MR) is 146 cm³/mol. The lowest BCUT2D eigenvalue weighted by Gasteiger charge is -2.25. The Labute approximate surface area is 225 Å². The topological polar surface area (TPSA) is 108 Å². The minimum absolute atomic E-state index is 0.0261. The summed E-state index contributed by atoms with van der Waals surface area (Å²) in [4.78, 5) is 28.0.